The van der Waals surface area contributed by atoms with Crippen LogP contribution in [0, 0.1) is 6.92 Å². The van der Waals surface area contributed by atoms with Crippen molar-refractivity contribution in [3.05, 3.63) is 18.2 Å². The second-order valence-electron chi connectivity index (χ2n) is 1.61. The Labute approximate surface area is 51.8 Å². The summed E-state index contributed by atoms with van der Waals surface area (Å²) in [6, 6.07) is 0. The summed E-state index contributed by atoms with van der Waals surface area (Å²) in [7, 11) is 0. The lowest BCUT2D eigenvalue weighted by Gasteiger charge is -2.02. The Morgan fingerprint density at radius 3 is 2.78 bits per heavy atom. The van der Waals surface area contributed by atoms with E-state index < -0.39 is 6.09 Å². The highest BCUT2D eigenvalue weighted by Crippen LogP contribution is 1.90. The molecule has 0 saturated carbocycles. The molecule has 0 N–H and O–H groups in total. The van der Waals surface area contributed by atoms with Crippen LogP contribution >= 0.6 is 0 Å². The first kappa shape index (κ1) is 5.81. The van der Waals surface area contributed by atoms with Gasteiger partial charge in [-0.25, -0.2) is 4.98 Å². The van der Waals surface area contributed by atoms with Crippen LogP contribution in [0.5, 0.6) is 0 Å². The number of aryl methyl sites for hydroxylation is 1. The van der Waals surface area contributed by atoms with Crippen LogP contribution in [0.25, 0.3) is 0 Å². The Morgan fingerprint density at radius 1 is 1.89 bits per heavy atom. The van der Waals surface area contributed by atoms with Crippen molar-refractivity contribution in [2.45, 2.75) is 6.92 Å². The molecule has 0 unspecified atom stereocenters. The lowest BCUT2D eigenvalue weighted by atomic mass is 10.7. The molecule has 0 fully saturated rings. The smallest absolute Gasteiger partial charge is 0.146 e. The summed E-state index contributed by atoms with van der Waals surface area (Å²) in [6.45, 7) is 1.59. The van der Waals surface area contributed by atoms with Gasteiger partial charge in [0.2, 0.25) is 0 Å². The van der Waals surface area contributed by atoms with Crippen LogP contribution in [-0.4, -0.2) is 15.6 Å². The molecule has 0 bridgehead atoms. The van der Waals surface area contributed by atoms with Gasteiger partial charge in [-0.3, -0.25) is 4.57 Å². The minimum absolute atomic E-state index is 0.426. The lowest BCUT2D eigenvalue weighted by molar-refractivity contribution is -0.250. The molecule has 0 amide bonds. The van der Waals surface area contributed by atoms with Gasteiger partial charge in [0.1, 0.15) is 11.9 Å². The normalized spacial score (nSPS) is 9.44. The first-order chi connectivity index (χ1) is 4.22. The van der Waals surface area contributed by atoms with E-state index in [1.807, 2.05) is 0 Å². The molecule has 1 aromatic heterocycles. The van der Waals surface area contributed by atoms with Crippen molar-refractivity contribution < 1.29 is 9.90 Å². The molecule has 0 atom stereocenters. The number of carbonyl (C=O) groups excluding carboxylic acids is 1. The molecule has 0 aliphatic rings. The van der Waals surface area contributed by atoms with E-state index in [-0.39, 0.29) is 0 Å². The van der Waals surface area contributed by atoms with Crippen LogP contribution < -0.4 is 5.11 Å². The Balaban J connectivity index is 3.08. The zero-order chi connectivity index (χ0) is 6.85. The van der Waals surface area contributed by atoms with Crippen molar-refractivity contribution in [1.82, 2.24) is 9.55 Å². The average Bonchev–Trinajstić information content (AvgIpc) is 2.13. The fourth-order valence-corrected chi connectivity index (χ4v) is 0.571. The predicted molar refractivity (Wildman–Crippen MR) is 27.8 cm³/mol. The van der Waals surface area contributed by atoms with Crippen molar-refractivity contribution in [3.8, 4) is 0 Å². The summed E-state index contributed by atoms with van der Waals surface area (Å²) in [5.41, 5.74) is 0. The van der Waals surface area contributed by atoms with Crippen molar-refractivity contribution in [1.29, 1.82) is 0 Å². The van der Waals surface area contributed by atoms with Gasteiger partial charge in [-0.1, -0.05) is 0 Å². The molecular formula is C5H5N2O2-. The van der Waals surface area contributed by atoms with Gasteiger partial charge in [0.05, 0.1) is 0 Å². The molecule has 1 heterocycles. The van der Waals surface area contributed by atoms with E-state index in [9.17, 15) is 9.90 Å². The Morgan fingerprint density at radius 2 is 2.56 bits per heavy atom. The van der Waals surface area contributed by atoms with Gasteiger partial charge in [-0.15, -0.1) is 0 Å². The fraction of sp³-hybridized carbons (Fsp3) is 0.200. The third-order valence-electron chi connectivity index (χ3n) is 1.02. The highest BCUT2D eigenvalue weighted by molar-refractivity contribution is 5.65. The Kier molecular flexibility index (Phi) is 1.22. The summed E-state index contributed by atoms with van der Waals surface area (Å²) in [5.74, 6) is 0.426. The van der Waals surface area contributed by atoms with E-state index in [4.69, 9.17) is 0 Å². The minimum atomic E-state index is -1.25. The highest BCUT2D eigenvalue weighted by atomic mass is 16.4. The number of carboxylic acid groups (broad SMARTS) is 1. The molecular weight excluding hydrogens is 120 g/mol. The van der Waals surface area contributed by atoms with Crippen LogP contribution in [-0.2, 0) is 0 Å². The summed E-state index contributed by atoms with van der Waals surface area (Å²) in [5, 5.41) is 10.1. The van der Waals surface area contributed by atoms with E-state index in [1.54, 1.807) is 6.92 Å². The van der Waals surface area contributed by atoms with Crippen molar-refractivity contribution in [3.63, 3.8) is 0 Å². The highest BCUT2D eigenvalue weighted by Gasteiger charge is 1.93. The van der Waals surface area contributed by atoms with Gasteiger partial charge in [0, 0.05) is 12.4 Å². The minimum Gasteiger partial charge on any atom is -0.529 e. The maximum Gasteiger partial charge on any atom is 0.146 e. The van der Waals surface area contributed by atoms with Gasteiger partial charge in [-0.05, 0) is 6.92 Å². The Hall–Kier alpha value is -1.32. The largest absolute Gasteiger partial charge is 0.529 e. The first-order valence-corrected chi connectivity index (χ1v) is 2.43. The van der Waals surface area contributed by atoms with Crippen LogP contribution in [0.2, 0.25) is 0 Å². The maximum atomic E-state index is 10.1. The second-order valence-corrected chi connectivity index (χ2v) is 1.61. The molecule has 0 spiro atoms. The number of imidazole rings is 1. The van der Waals surface area contributed by atoms with E-state index in [0.717, 1.165) is 4.57 Å². The number of nitrogens with zero attached hydrogens (tertiary/aromatic N) is 2. The summed E-state index contributed by atoms with van der Waals surface area (Å²) < 4.78 is 0.944. The maximum absolute atomic E-state index is 10.1. The molecule has 0 aromatic carbocycles. The Bertz CT molecular complexity index is 229. The molecule has 4 nitrogen and oxygen atoms in total. The average molecular weight is 125 g/mol. The SMILES string of the molecule is Cc1nccn1C(=O)[O-]. The zero-order valence-electron chi connectivity index (χ0n) is 4.87. The van der Waals surface area contributed by atoms with Gasteiger partial charge in [0.15, 0.2) is 0 Å². The van der Waals surface area contributed by atoms with Crippen molar-refractivity contribution in [2.75, 3.05) is 0 Å². The number of hydrogen-bond acceptors (Lipinski definition) is 3. The van der Waals surface area contributed by atoms with Crippen LogP contribution in [0.1, 0.15) is 5.82 Å². The quantitative estimate of drug-likeness (QED) is 0.464. The van der Waals surface area contributed by atoms with Gasteiger partial charge in [-0.2, -0.15) is 0 Å². The van der Waals surface area contributed by atoms with Gasteiger partial charge >= 0.3 is 0 Å². The van der Waals surface area contributed by atoms with Crippen molar-refractivity contribution >= 4 is 6.09 Å². The van der Waals surface area contributed by atoms with E-state index >= 15 is 0 Å². The van der Waals surface area contributed by atoms with E-state index in [1.165, 1.54) is 12.4 Å². The third kappa shape index (κ3) is 0.910. The topological polar surface area (TPSA) is 58.0 Å². The molecule has 0 radical (unpaired) electrons. The lowest BCUT2D eigenvalue weighted by Crippen LogP contribution is -2.28. The summed E-state index contributed by atoms with van der Waals surface area (Å²) in [6.07, 6.45) is 1.50. The monoisotopic (exact) mass is 125 g/mol. The molecule has 4 heteroatoms. The molecule has 0 aliphatic carbocycles. The number of hydrogen-bond donors (Lipinski definition) is 0. The van der Waals surface area contributed by atoms with Crippen molar-refractivity contribution in [2.24, 2.45) is 0 Å². The molecule has 1 aromatic rings. The number of rotatable bonds is 0. The van der Waals surface area contributed by atoms with Crippen LogP contribution in [0.4, 0.5) is 4.79 Å². The number of carbonyl (C=O) groups is 1. The molecule has 9 heavy (non-hydrogen) atoms. The standard InChI is InChI=1S/C5H6N2O2/c1-4-6-2-3-7(4)5(8)9/h2-3H,1H3,(H,8,9)/p-1. The van der Waals surface area contributed by atoms with E-state index in [0.29, 0.717) is 5.82 Å². The fourth-order valence-electron chi connectivity index (χ4n) is 0.571. The number of aromatic nitrogens is 2. The predicted octanol–water partition coefficient (Wildman–Crippen LogP) is -0.617. The summed E-state index contributed by atoms with van der Waals surface area (Å²) >= 11 is 0. The molecule has 48 valence electrons. The molecule has 1 rings (SSSR count). The first-order valence-electron chi connectivity index (χ1n) is 2.43. The zero-order valence-corrected chi connectivity index (χ0v) is 4.87. The molecule has 0 aliphatic heterocycles. The molecule has 0 saturated heterocycles. The second kappa shape index (κ2) is 1.89. The van der Waals surface area contributed by atoms with Gasteiger partial charge < -0.3 is 9.90 Å². The third-order valence-corrected chi connectivity index (χ3v) is 1.02. The van der Waals surface area contributed by atoms with E-state index in [2.05, 4.69) is 4.98 Å². The summed E-state index contributed by atoms with van der Waals surface area (Å²) in [4.78, 5) is 13.8. The van der Waals surface area contributed by atoms with Crippen LogP contribution in [0.15, 0.2) is 12.4 Å². The van der Waals surface area contributed by atoms with Gasteiger partial charge in [0.25, 0.3) is 0 Å². The van der Waals surface area contributed by atoms with Crippen LogP contribution in [0.3, 0.4) is 0 Å².